The minimum absolute atomic E-state index is 0.0599. The van der Waals surface area contributed by atoms with E-state index in [2.05, 4.69) is 29.2 Å². The van der Waals surface area contributed by atoms with Gasteiger partial charge >= 0.3 is 5.97 Å². The van der Waals surface area contributed by atoms with Crippen molar-refractivity contribution < 1.29 is 9.53 Å². The molecular weight excluding hydrogens is 238 g/mol. The van der Waals surface area contributed by atoms with Crippen LogP contribution in [0.2, 0.25) is 0 Å². The molecule has 2 aliphatic heterocycles. The van der Waals surface area contributed by atoms with Crippen LogP contribution in [-0.2, 0) is 16.1 Å². The highest BCUT2D eigenvalue weighted by atomic mass is 16.5. The molecule has 3 heteroatoms. The number of hydrogen-bond donors (Lipinski definition) is 0. The maximum absolute atomic E-state index is 11.3. The van der Waals surface area contributed by atoms with Crippen LogP contribution in [0, 0.1) is 0 Å². The summed E-state index contributed by atoms with van der Waals surface area (Å²) in [6, 6.07) is 10.5. The van der Waals surface area contributed by atoms with E-state index in [1.807, 2.05) is 6.07 Å². The zero-order valence-corrected chi connectivity index (χ0v) is 11.1. The molecule has 0 bridgehead atoms. The van der Waals surface area contributed by atoms with Crippen LogP contribution in [0.4, 0.5) is 0 Å². The van der Waals surface area contributed by atoms with E-state index in [1.165, 1.54) is 11.1 Å². The monoisotopic (exact) mass is 257 g/mol. The molecule has 100 valence electrons. The Labute approximate surface area is 113 Å². The van der Waals surface area contributed by atoms with Crippen molar-refractivity contribution in [2.24, 2.45) is 0 Å². The van der Waals surface area contributed by atoms with Gasteiger partial charge in [-0.05, 0) is 24.0 Å². The zero-order valence-electron chi connectivity index (χ0n) is 11.1. The molecule has 0 N–H and O–H groups in total. The summed E-state index contributed by atoms with van der Waals surface area (Å²) in [5, 5.41) is 0. The third-order valence-corrected chi connectivity index (χ3v) is 3.90. The summed E-state index contributed by atoms with van der Waals surface area (Å²) in [6.07, 6.45) is 3.36. The molecule has 0 amide bonds. The normalized spacial score (nSPS) is 20.7. The molecule has 2 aliphatic rings. The smallest absolute Gasteiger partial charge is 0.311 e. The Morgan fingerprint density at radius 1 is 1.00 bits per heavy atom. The molecule has 0 radical (unpaired) electrons. The first-order chi connectivity index (χ1) is 9.31. The Bertz CT molecular complexity index is 493. The Hall–Kier alpha value is -1.61. The van der Waals surface area contributed by atoms with Crippen LogP contribution in [0.3, 0.4) is 0 Å². The molecule has 0 fully saturated rings. The Kier molecular flexibility index (Phi) is 3.65. The number of ether oxygens (including phenoxy) is 1. The summed E-state index contributed by atoms with van der Waals surface area (Å²) in [4.78, 5) is 13.8. The Morgan fingerprint density at radius 2 is 1.79 bits per heavy atom. The summed E-state index contributed by atoms with van der Waals surface area (Å²) < 4.78 is 5.38. The first-order valence-electron chi connectivity index (χ1n) is 6.99. The van der Waals surface area contributed by atoms with Gasteiger partial charge in [-0.25, -0.2) is 0 Å². The molecule has 2 heterocycles. The van der Waals surface area contributed by atoms with Crippen LogP contribution in [0.1, 0.15) is 31.2 Å². The van der Waals surface area contributed by atoms with Crippen LogP contribution in [0.15, 0.2) is 41.7 Å². The maximum atomic E-state index is 11.3. The second-order valence-corrected chi connectivity index (χ2v) is 5.26. The van der Waals surface area contributed by atoms with Gasteiger partial charge in [-0.2, -0.15) is 0 Å². The lowest BCUT2D eigenvalue weighted by atomic mass is 10.0. The number of rotatable bonds is 2. The Morgan fingerprint density at radius 3 is 2.63 bits per heavy atom. The lowest BCUT2D eigenvalue weighted by Gasteiger charge is -2.19. The number of esters is 1. The number of carbonyl (C=O) groups excluding carboxylic acids is 1. The fraction of sp³-hybridized carbons (Fsp3) is 0.438. The quantitative estimate of drug-likeness (QED) is 0.763. The molecule has 3 rings (SSSR count). The van der Waals surface area contributed by atoms with E-state index in [0.29, 0.717) is 6.42 Å². The standard InChI is InChI=1S/C16H19NO2/c18-16-7-6-14-8-10-17(11-9-15(14)19-16)12-13-4-2-1-3-5-13/h1-5H,6-12H2. The summed E-state index contributed by atoms with van der Waals surface area (Å²) in [6.45, 7) is 3.02. The fourth-order valence-electron chi connectivity index (χ4n) is 2.81. The molecular formula is C16H19NO2. The van der Waals surface area contributed by atoms with Gasteiger partial charge in [0.15, 0.2) is 0 Å². The van der Waals surface area contributed by atoms with Crippen molar-refractivity contribution >= 4 is 5.97 Å². The molecule has 0 saturated heterocycles. The van der Waals surface area contributed by atoms with E-state index in [0.717, 1.165) is 44.7 Å². The van der Waals surface area contributed by atoms with Crippen molar-refractivity contribution in [3.05, 3.63) is 47.2 Å². The van der Waals surface area contributed by atoms with Crippen molar-refractivity contribution in [3.8, 4) is 0 Å². The van der Waals surface area contributed by atoms with Gasteiger partial charge in [0.05, 0.1) is 0 Å². The summed E-state index contributed by atoms with van der Waals surface area (Å²) in [5.41, 5.74) is 2.70. The largest absolute Gasteiger partial charge is 0.431 e. The van der Waals surface area contributed by atoms with Crippen molar-refractivity contribution in [1.82, 2.24) is 4.90 Å². The molecule has 0 saturated carbocycles. The van der Waals surface area contributed by atoms with Crippen LogP contribution >= 0.6 is 0 Å². The van der Waals surface area contributed by atoms with E-state index >= 15 is 0 Å². The SMILES string of the molecule is O=C1CCC2=C(CCN(Cc3ccccc3)CC2)O1. The average molecular weight is 257 g/mol. The minimum Gasteiger partial charge on any atom is -0.431 e. The van der Waals surface area contributed by atoms with Gasteiger partial charge in [-0.15, -0.1) is 0 Å². The second-order valence-electron chi connectivity index (χ2n) is 5.26. The van der Waals surface area contributed by atoms with E-state index in [4.69, 9.17) is 4.74 Å². The van der Waals surface area contributed by atoms with E-state index in [9.17, 15) is 4.79 Å². The summed E-state index contributed by atoms with van der Waals surface area (Å²) >= 11 is 0. The minimum atomic E-state index is -0.0599. The maximum Gasteiger partial charge on any atom is 0.311 e. The third-order valence-electron chi connectivity index (χ3n) is 3.90. The van der Waals surface area contributed by atoms with E-state index in [1.54, 1.807) is 0 Å². The Balaban J connectivity index is 1.63. The highest BCUT2D eigenvalue weighted by molar-refractivity contribution is 5.72. The molecule has 0 unspecified atom stereocenters. The summed E-state index contributed by atoms with van der Waals surface area (Å²) in [5.74, 6) is 0.891. The molecule has 19 heavy (non-hydrogen) atoms. The van der Waals surface area contributed by atoms with Crippen LogP contribution in [-0.4, -0.2) is 24.0 Å². The van der Waals surface area contributed by atoms with E-state index in [-0.39, 0.29) is 5.97 Å². The zero-order chi connectivity index (χ0) is 13.1. The highest BCUT2D eigenvalue weighted by Crippen LogP contribution is 2.28. The van der Waals surface area contributed by atoms with Gasteiger partial charge in [-0.1, -0.05) is 30.3 Å². The first kappa shape index (κ1) is 12.4. The number of hydrogen-bond acceptors (Lipinski definition) is 3. The van der Waals surface area contributed by atoms with Crippen LogP contribution in [0.5, 0.6) is 0 Å². The third kappa shape index (κ3) is 3.04. The predicted molar refractivity (Wildman–Crippen MR) is 73.3 cm³/mol. The molecule has 0 spiro atoms. The van der Waals surface area contributed by atoms with Gasteiger partial charge in [0.25, 0.3) is 0 Å². The molecule has 1 aromatic carbocycles. The van der Waals surface area contributed by atoms with Crippen LogP contribution < -0.4 is 0 Å². The van der Waals surface area contributed by atoms with Crippen molar-refractivity contribution in [3.63, 3.8) is 0 Å². The molecule has 1 aromatic rings. The lowest BCUT2D eigenvalue weighted by molar-refractivity contribution is -0.140. The fourth-order valence-corrected chi connectivity index (χ4v) is 2.81. The second kappa shape index (κ2) is 5.57. The molecule has 3 nitrogen and oxygen atoms in total. The van der Waals surface area contributed by atoms with Crippen molar-refractivity contribution in [1.29, 1.82) is 0 Å². The highest BCUT2D eigenvalue weighted by Gasteiger charge is 2.23. The predicted octanol–water partition coefficient (Wildman–Crippen LogP) is 2.87. The van der Waals surface area contributed by atoms with Gasteiger partial charge < -0.3 is 4.74 Å². The summed E-state index contributed by atoms with van der Waals surface area (Å²) in [7, 11) is 0. The molecule has 0 atom stereocenters. The lowest BCUT2D eigenvalue weighted by Crippen LogP contribution is -2.24. The topological polar surface area (TPSA) is 29.5 Å². The number of carbonyl (C=O) groups is 1. The van der Waals surface area contributed by atoms with Gasteiger partial charge in [0.2, 0.25) is 0 Å². The first-order valence-corrected chi connectivity index (χ1v) is 6.99. The van der Waals surface area contributed by atoms with Crippen molar-refractivity contribution in [2.75, 3.05) is 13.1 Å². The van der Waals surface area contributed by atoms with Gasteiger partial charge in [0, 0.05) is 32.5 Å². The van der Waals surface area contributed by atoms with Gasteiger partial charge in [-0.3, -0.25) is 9.69 Å². The van der Waals surface area contributed by atoms with E-state index < -0.39 is 0 Å². The van der Waals surface area contributed by atoms with Crippen molar-refractivity contribution in [2.45, 2.75) is 32.2 Å². The van der Waals surface area contributed by atoms with Crippen LogP contribution in [0.25, 0.3) is 0 Å². The van der Waals surface area contributed by atoms with Gasteiger partial charge in [0.1, 0.15) is 5.76 Å². The average Bonchev–Trinajstić information content (AvgIpc) is 2.63. The number of nitrogens with zero attached hydrogens (tertiary/aromatic N) is 1. The molecule has 0 aromatic heterocycles. The molecule has 0 aliphatic carbocycles. The number of benzene rings is 1.